The van der Waals surface area contributed by atoms with Gasteiger partial charge in [0, 0.05) is 25.2 Å². The first-order chi connectivity index (χ1) is 8.91. The van der Waals surface area contributed by atoms with Crippen LogP contribution in [0.15, 0.2) is 0 Å². The summed E-state index contributed by atoms with van der Waals surface area (Å²) in [5, 5.41) is 3.54. The standard InChI is InChI=1S/C16H35N3/c1-13(2)10-17-9-7-8-15(4)19-11-14(3)16(12-19)18(5)6/h13-17H,7-12H2,1-6H3. The molecule has 0 aromatic rings. The number of nitrogens with one attached hydrogen (secondary N) is 1. The molecule has 0 bridgehead atoms. The Morgan fingerprint density at radius 1 is 1.21 bits per heavy atom. The smallest absolute Gasteiger partial charge is 0.0254 e. The lowest BCUT2D eigenvalue weighted by molar-refractivity contribution is 0.215. The molecule has 1 fully saturated rings. The van der Waals surface area contributed by atoms with E-state index in [1.54, 1.807) is 0 Å². The maximum atomic E-state index is 3.54. The Bertz CT molecular complexity index is 240. The van der Waals surface area contributed by atoms with Crippen molar-refractivity contribution >= 4 is 0 Å². The molecule has 0 spiro atoms. The summed E-state index contributed by atoms with van der Waals surface area (Å²) in [5.74, 6) is 1.56. The predicted molar refractivity (Wildman–Crippen MR) is 84.6 cm³/mol. The van der Waals surface area contributed by atoms with Gasteiger partial charge in [0.25, 0.3) is 0 Å². The summed E-state index contributed by atoms with van der Waals surface area (Å²) in [6.45, 7) is 14.2. The first-order valence-electron chi connectivity index (χ1n) is 8.03. The minimum atomic E-state index is 0.730. The summed E-state index contributed by atoms with van der Waals surface area (Å²) in [6.07, 6.45) is 2.61. The zero-order valence-electron chi connectivity index (χ0n) is 13.9. The molecular weight excluding hydrogens is 234 g/mol. The van der Waals surface area contributed by atoms with E-state index in [1.165, 1.54) is 32.5 Å². The van der Waals surface area contributed by atoms with Gasteiger partial charge in [0.2, 0.25) is 0 Å². The Balaban J connectivity index is 2.18. The molecule has 0 aromatic heterocycles. The molecular formula is C16H35N3. The van der Waals surface area contributed by atoms with Gasteiger partial charge in [-0.3, -0.25) is 4.90 Å². The molecule has 1 aliphatic rings. The van der Waals surface area contributed by atoms with Crippen molar-refractivity contribution in [2.75, 3.05) is 40.3 Å². The van der Waals surface area contributed by atoms with Crippen LogP contribution in [0, 0.1) is 11.8 Å². The van der Waals surface area contributed by atoms with Gasteiger partial charge in [-0.15, -0.1) is 0 Å². The van der Waals surface area contributed by atoms with Crippen molar-refractivity contribution < 1.29 is 0 Å². The van der Waals surface area contributed by atoms with E-state index in [0.29, 0.717) is 0 Å². The summed E-state index contributed by atoms with van der Waals surface area (Å²) in [5.41, 5.74) is 0. The topological polar surface area (TPSA) is 18.5 Å². The van der Waals surface area contributed by atoms with E-state index in [9.17, 15) is 0 Å². The van der Waals surface area contributed by atoms with Crippen LogP contribution in [0.2, 0.25) is 0 Å². The fourth-order valence-electron chi connectivity index (χ4n) is 3.11. The molecule has 3 atom stereocenters. The Hall–Kier alpha value is -0.120. The third kappa shape index (κ3) is 5.80. The molecule has 1 N–H and O–H groups in total. The van der Waals surface area contributed by atoms with Gasteiger partial charge < -0.3 is 10.2 Å². The van der Waals surface area contributed by atoms with E-state index in [1.807, 2.05) is 0 Å². The van der Waals surface area contributed by atoms with E-state index >= 15 is 0 Å². The minimum Gasteiger partial charge on any atom is -0.316 e. The zero-order chi connectivity index (χ0) is 14.4. The number of likely N-dealkylation sites (tertiary alicyclic amines) is 1. The molecule has 3 heteroatoms. The molecule has 0 aromatic carbocycles. The normalized spacial score (nSPS) is 26.5. The van der Waals surface area contributed by atoms with Gasteiger partial charge in [-0.1, -0.05) is 20.8 Å². The highest BCUT2D eigenvalue weighted by molar-refractivity contribution is 4.88. The maximum absolute atomic E-state index is 3.54. The van der Waals surface area contributed by atoms with Crippen LogP contribution < -0.4 is 5.32 Å². The van der Waals surface area contributed by atoms with Gasteiger partial charge in [-0.2, -0.15) is 0 Å². The van der Waals surface area contributed by atoms with E-state index < -0.39 is 0 Å². The van der Waals surface area contributed by atoms with Gasteiger partial charge in [-0.05, 0) is 58.8 Å². The maximum Gasteiger partial charge on any atom is 0.0254 e. The van der Waals surface area contributed by atoms with Gasteiger partial charge in [0.05, 0.1) is 0 Å². The number of rotatable bonds is 8. The SMILES string of the molecule is CC(C)CNCCCC(C)N1CC(C)C(N(C)C)C1. The van der Waals surface area contributed by atoms with Crippen LogP contribution in [0.5, 0.6) is 0 Å². The Labute approximate surface area is 120 Å². The van der Waals surface area contributed by atoms with Crippen molar-refractivity contribution in [3.63, 3.8) is 0 Å². The molecule has 1 rings (SSSR count). The lowest BCUT2D eigenvalue weighted by Crippen LogP contribution is -2.36. The van der Waals surface area contributed by atoms with Crippen molar-refractivity contribution in [3.05, 3.63) is 0 Å². The van der Waals surface area contributed by atoms with Gasteiger partial charge >= 0.3 is 0 Å². The van der Waals surface area contributed by atoms with Gasteiger partial charge in [-0.25, -0.2) is 0 Å². The van der Waals surface area contributed by atoms with Crippen molar-refractivity contribution in [1.29, 1.82) is 0 Å². The van der Waals surface area contributed by atoms with Crippen LogP contribution in [0.3, 0.4) is 0 Å². The Morgan fingerprint density at radius 3 is 2.42 bits per heavy atom. The van der Waals surface area contributed by atoms with Crippen LogP contribution in [0.25, 0.3) is 0 Å². The predicted octanol–water partition coefficient (Wildman–Crippen LogP) is 2.28. The highest BCUT2D eigenvalue weighted by Gasteiger charge is 2.32. The molecule has 1 saturated heterocycles. The summed E-state index contributed by atoms with van der Waals surface area (Å²) >= 11 is 0. The molecule has 1 heterocycles. The quantitative estimate of drug-likeness (QED) is 0.682. The number of hydrogen-bond donors (Lipinski definition) is 1. The average molecular weight is 269 g/mol. The highest BCUT2D eigenvalue weighted by Crippen LogP contribution is 2.23. The highest BCUT2D eigenvalue weighted by atomic mass is 15.3. The third-order valence-corrected chi connectivity index (χ3v) is 4.42. The van der Waals surface area contributed by atoms with Crippen LogP contribution in [-0.2, 0) is 0 Å². The lowest BCUT2D eigenvalue weighted by atomic mass is 10.1. The largest absolute Gasteiger partial charge is 0.316 e. The molecule has 0 saturated carbocycles. The summed E-state index contributed by atoms with van der Waals surface area (Å²) in [4.78, 5) is 5.07. The van der Waals surface area contributed by atoms with Crippen molar-refractivity contribution in [2.24, 2.45) is 11.8 Å². The Morgan fingerprint density at radius 2 is 1.89 bits per heavy atom. The average Bonchev–Trinajstić information content (AvgIpc) is 2.70. The molecule has 1 aliphatic heterocycles. The molecule has 3 unspecified atom stereocenters. The first-order valence-corrected chi connectivity index (χ1v) is 8.03. The van der Waals surface area contributed by atoms with Gasteiger partial charge in [0.15, 0.2) is 0 Å². The number of likely N-dealkylation sites (N-methyl/N-ethyl adjacent to an activating group) is 1. The minimum absolute atomic E-state index is 0.730. The Kier molecular flexibility index (Phi) is 7.33. The molecule has 0 aliphatic carbocycles. The summed E-state index contributed by atoms with van der Waals surface area (Å²) in [7, 11) is 4.43. The molecule has 0 amide bonds. The number of hydrogen-bond acceptors (Lipinski definition) is 3. The fraction of sp³-hybridized carbons (Fsp3) is 1.00. The summed E-state index contributed by atoms with van der Waals surface area (Å²) in [6, 6.07) is 1.47. The molecule has 114 valence electrons. The monoisotopic (exact) mass is 269 g/mol. The second-order valence-electron chi connectivity index (χ2n) is 7.05. The van der Waals surface area contributed by atoms with Crippen LogP contribution in [0.4, 0.5) is 0 Å². The second-order valence-corrected chi connectivity index (χ2v) is 7.05. The first kappa shape index (κ1) is 16.9. The van der Waals surface area contributed by atoms with E-state index in [4.69, 9.17) is 0 Å². The molecule has 19 heavy (non-hydrogen) atoms. The molecule has 0 radical (unpaired) electrons. The van der Waals surface area contributed by atoms with Crippen molar-refractivity contribution in [2.45, 2.75) is 52.6 Å². The van der Waals surface area contributed by atoms with E-state index in [0.717, 1.165) is 30.5 Å². The van der Waals surface area contributed by atoms with Crippen molar-refractivity contribution in [1.82, 2.24) is 15.1 Å². The lowest BCUT2D eigenvalue weighted by Gasteiger charge is -2.26. The van der Waals surface area contributed by atoms with E-state index in [-0.39, 0.29) is 0 Å². The number of nitrogens with zero attached hydrogens (tertiary/aromatic N) is 2. The fourth-order valence-corrected chi connectivity index (χ4v) is 3.11. The van der Waals surface area contributed by atoms with Gasteiger partial charge in [0.1, 0.15) is 0 Å². The third-order valence-electron chi connectivity index (χ3n) is 4.42. The van der Waals surface area contributed by atoms with Crippen LogP contribution in [0.1, 0.15) is 40.5 Å². The molecule has 3 nitrogen and oxygen atoms in total. The van der Waals surface area contributed by atoms with Crippen LogP contribution in [-0.4, -0.2) is 62.2 Å². The summed E-state index contributed by atoms with van der Waals surface area (Å²) < 4.78 is 0. The van der Waals surface area contributed by atoms with E-state index in [2.05, 4.69) is 56.9 Å². The van der Waals surface area contributed by atoms with Crippen molar-refractivity contribution in [3.8, 4) is 0 Å². The second kappa shape index (κ2) is 8.23. The zero-order valence-corrected chi connectivity index (χ0v) is 13.9. The van der Waals surface area contributed by atoms with Crippen LogP contribution >= 0.6 is 0 Å².